The summed E-state index contributed by atoms with van der Waals surface area (Å²) in [6, 6.07) is 0. The molecule has 0 bridgehead atoms. The highest BCUT2D eigenvalue weighted by molar-refractivity contribution is 7.00. The summed E-state index contributed by atoms with van der Waals surface area (Å²) in [4.78, 5) is 24.2. The lowest BCUT2D eigenvalue weighted by Crippen LogP contribution is -2.42. The summed E-state index contributed by atoms with van der Waals surface area (Å²) >= 11 is 0.744. The Kier molecular flexibility index (Phi) is 3.37. The molecular formula is C10H12N4O6S. The number of hydrogen-bond donors (Lipinski definition) is 3. The number of aromatic nitrogens is 4. The average Bonchev–Trinajstić information content (AvgIpc) is 3.05. The number of rotatable bonds is 2. The van der Waals surface area contributed by atoms with Crippen molar-refractivity contribution in [2.24, 2.45) is 7.05 Å². The fourth-order valence-electron chi connectivity index (χ4n) is 2.30. The maximum Gasteiger partial charge on any atom is 0.334 e. The predicted octanol–water partition coefficient (Wildman–Crippen LogP) is -2.84. The van der Waals surface area contributed by atoms with E-state index in [1.165, 1.54) is 7.05 Å². The third kappa shape index (κ3) is 1.93. The van der Waals surface area contributed by atoms with Crippen LogP contribution in [0.15, 0.2) is 9.59 Å². The molecule has 10 nitrogen and oxygen atoms in total. The number of aliphatic hydroxyl groups excluding tert-OH is 3. The molecule has 2 aromatic rings. The molecule has 0 saturated carbocycles. The highest BCUT2D eigenvalue weighted by Gasteiger charge is 2.44. The van der Waals surface area contributed by atoms with Gasteiger partial charge in [0, 0.05) is 7.05 Å². The Morgan fingerprint density at radius 3 is 2.62 bits per heavy atom. The molecule has 3 heterocycles. The molecule has 0 aromatic carbocycles. The smallest absolute Gasteiger partial charge is 0.334 e. The van der Waals surface area contributed by atoms with E-state index in [1.54, 1.807) is 0 Å². The molecule has 1 saturated heterocycles. The molecule has 1 aliphatic heterocycles. The molecule has 0 aliphatic carbocycles. The lowest BCUT2D eigenvalue weighted by atomic mass is 10.1. The normalized spacial score (nSPS) is 29.3. The van der Waals surface area contributed by atoms with E-state index < -0.39 is 42.4 Å². The van der Waals surface area contributed by atoms with Crippen molar-refractivity contribution in [3.63, 3.8) is 0 Å². The van der Waals surface area contributed by atoms with E-state index >= 15 is 0 Å². The fourth-order valence-corrected chi connectivity index (χ4v) is 2.83. The first kappa shape index (κ1) is 14.3. The molecule has 2 aromatic heterocycles. The van der Waals surface area contributed by atoms with Gasteiger partial charge in [0.1, 0.15) is 18.3 Å². The van der Waals surface area contributed by atoms with Gasteiger partial charge < -0.3 is 20.1 Å². The monoisotopic (exact) mass is 316 g/mol. The summed E-state index contributed by atoms with van der Waals surface area (Å²) < 4.78 is 14.8. The zero-order valence-corrected chi connectivity index (χ0v) is 11.6. The van der Waals surface area contributed by atoms with Gasteiger partial charge in [0.05, 0.1) is 18.3 Å². The van der Waals surface area contributed by atoms with Crippen LogP contribution in [-0.4, -0.2) is 58.1 Å². The molecule has 3 N–H and O–H groups in total. The molecule has 4 atom stereocenters. The van der Waals surface area contributed by atoms with Crippen molar-refractivity contribution in [1.82, 2.24) is 17.9 Å². The number of ether oxygens (including phenoxy) is 1. The summed E-state index contributed by atoms with van der Waals surface area (Å²) in [5.41, 5.74) is -1.41. The molecule has 21 heavy (non-hydrogen) atoms. The molecule has 0 spiro atoms. The maximum atomic E-state index is 12.3. The second-order valence-electron chi connectivity index (χ2n) is 4.68. The van der Waals surface area contributed by atoms with Gasteiger partial charge in [-0.15, -0.1) is 0 Å². The third-order valence-electron chi connectivity index (χ3n) is 3.47. The Morgan fingerprint density at radius 2 is 2.00 bits per heavy atom. The Bertz CT molecular complexity index is 797. The van der Waals surface area contributed by atoms with E-state index in [2.05, 4.69) is 8.75 Å². The number of hydrogen-bond acceptors (Lipinski definition) is 9. The van der Waals surface area contributed by atoms with Crippen molar-refractivity contribution in [2.45, 2.75) is 24.5 Å². The topological polar surface area (TPSA) is 140 Å². The second-order valence-corrected chi connectivity index (χ2v) is 5.21. The van der Waals surface area contributed by atoms with Crippen LogP contribution in [0, 0.1) is 0 Å². The molecule has 0 unspecified atom stereocenters. The molecule has 114 valence electrons. The molecule has 0 radical (unpaired) electrons. The minimum Gasteiger partial charge on any atom is -0.394 e. The van der Waals surface area contributed by atoms with E-state index in [9.17, 15) is 19.8 Å². The first-order chi connectivity index (χ1) is 9.97. The van der Waals surface area contributed by atoms with Gasteiger partial charge in [0.25, 0.3) is 5.56 Å². The Balaban J connectivity index is 2.24. The standard InChI is InChI=1S/C10H12N4O6S/c1-13-8(18)4-7(12-21-11-4)14(10(13)19)9-6(17)5(16)3(2-15)20-9/h3,5-6,9,15-17H,2H2,1H3/t3-,5-,6-,9-/m1/s1. The van der Waals surface area contributed by atoms with Gasteiger partial charge >= 0.3 is 5.69 Å². The van der Waals surface area contributed by atoms with Gasteiger partial charge in [0.2, 0.25) is 0 Å². The SMILES string of the molecule is Cn1c(=O)c2nsnc2n([C@@H]2O[C@H](CO)[C@@H](O)[C@H]2O)c1=O. The average molecular weight is 316 g/mol. The zero-order valence-electron chi connectivity index (χ0n) is 10.8. The summed E-state index contributed by atoms with van der Waals surface area (Å²) in [6.07, 6.45) is -5.09. The summed E-state index contributed by atoms with van der Waals surface area (Å²) in [7, 11) is 1.27. The van der Waals surface area contributed by atoms with E-state index in [4.69, 9.17) is 9.84 Å². The summed E-state index contributed by atoms with van der Waals surface area (Å²) in [5, 5.41) is 28.9. The minimum atomic E-state index is -1.44. The fraction of sp³-hybridized carbons (Fsp3) is 0.600. The van der Waals surface area contributed by atoms with Crippen molar-refractivity contribution in [3.8, 4) is 0 Å². The van der Waals surface area contributed by atoms with Crippen molar-refractivity contribution >= 4 is 22.9 Å². The van der Waals surface area contributed by atoms with Crippen LogP contribution in [-0.2, 0) is 11.8 Å². The minimum absolute atomic E-state index is 0.0251. The van der Waals surface area contributed by atoms with Crippen LogP contribution in [0.5, 0.6) is 0 Å². The van der Waals surface area contributed by atoms with E-state index in [-0.39, 0.29) is 11.2 Å². The molecular weight excluding hydrogens is 304 g/mol. The Morgan fingerprint density at radius 1 is 1.29 bits per heavy atom. The predicted molar refractivity (Wildman–Crippen MR) is 69.9 cm³/mol. The number of nitrogens with zero attached hydrogens (tertiary/aromatic N) is 4. The largest absolute Gasteiger partial charge is 0.394 e. The van der Waals surface area contributed by atoms with E-state index in [1.807, 2.05) is 0 Å². The third-order valence-corrected chi connectivity index (χ3v) is 3.99. The second kappa shape index (κ2) is 4.96. The highest BCUT2D eigenvalue weighted by Crippen LogP contribution is 2.29. The van der Waals surface area contributed by atoms with Gasteiger partial charge in [-0.3, -0.25) is 9.36 Å². The number of aliphatic hydroxyl groups is 3. The van der Waals surface area contributed by atoms with Crippen LogP contribution in [0.3, 0.4) is 0 Å². The van der Waals surface area contributed by atoms with Gasteiger partial charge in [0.15, 0.2) is 17.4 Å². The Labute approximate surface area is 120 Å². The molecule has 1 fully saturated rings. The van der Waals surface area contributed by atoms with Gasteiger partial charge in [-0.1, -0.05) is 0 Å². The van der Waals surface area contributed by atoms with Gasteiger partial charge in [-0.25, -0.2) is 9.36 Å². The quantitative estimate of drug-likeness (QED) is 0.538. The van der Waals surface area contributed by atoms with Crippen molar-refractivity contribution in [3.05, 3.63) is 20.8 Å². The first-order valence-electron chi connectivity index (χ1n) is 6.03. The van der Waals surface area contributed by atoms with Crippen LogP contribution < -0.4 is 11.2 Å². The molecule has 1 aliphatic rings. The van der Waals surface area contributed by atoms with Crippen LogP contribution in [0.25, 0.3) is 11.2 Å². The molecule has 0 amide bonds. The highest BCUT2D eigenvalue weighted by atomic mass is 32.1. The van der Waals surface area contributed by atoms with E-state index in [0.29, 0.717) is 0 Å². The van der Waals surface area contributed by atoms with Gasteiger partial charge in [-0.2, -0.15) is 8.75 Å². The van der Waals surface area contributed by atoms with Crippen molar-refractivity contribution in [1.29, 1.82) is 0 Å². The Hall–Kier alpha value is -1.66. The lowest BCUT2D eigenvalue weighted by molar-refractivity contribution is -0.0534. The lowest BCUT2D eigenvalue weighted by Gasteiger charge is -2.18. The maximum absolute atomic E-state index is 12.3. The first-order valence-corrected chi connectivity index (χ1v) is 6.76. The summed E-state index contributed by atoms with van der Waals surface area (Å²) in [5.74, 6) is 0. The van der Waals surface area contributed by atoms with Gasteiger partial charge in [-0.05, 0) is 0 Å². The van der Waals surface area contributed by atoms with Crippen molar-refractivity contribution < 1.29 is 20.1 Å². The molecule has 3 rings (SSSR count). The number of fused-ring (bicyclic) bond motifs is 1. The van der Waals surface area contributed by atoms with Crippen LogP contribution in [0.1, 0.15) is 6.23 Å². The molecule has 11 heteroatoms. The summed E-state index contributed by atoms with van der Waals surface area (Å²) in [6.45, 7) is -0.520. The van der Waals surface area contributed by atoms with Crippen LogP contribution in [0.4, 0.5) is 0 Å². The van der Waals surface area contributed by atoms with E-state index in [0.717, 1.165) is 20.9 Å². The van der Waals surface area contributed by atoms with Crippen LogP contribution in [0.2, 0.25) is 0 Å². The zero-order chi connectivity index (χ0) is 15.3. The van der Waals surface area contributed by atoms with Crippen molar-refractivity contribution in [2.75, 3.05) is 6.61 Å². The van der Waals surface area contributed by atoms with Crippen LogP contribution >= 0.6 is 11.7 Å².